The first-order valence-corrected chi connectivity index (χ1v) is 9.24. The quantitative estimate of drug-likeness (QED) is 0.703. The lowest BCUT2D eigenvalue weighted by atomic mass is 10.0. The molecule has 3 rings (SSSR count). The maximum Gasteiger partial charge on any atom is 0.332 e. The molecule has 2 aromatic heterocycles. The minimum absolute atomic E-state index is 0.0326. The number of hydrogen-bond acceptors (Lipinski definition) is 4. The molecule has 3 aromatic rings. The zero-order chi connectivity index (χ0) is 20.7. The van der Waals surface area contributed by atoms with Crippen molar-refractivity contribution >= 4 is 45.8 Å². The molecule has 0 spiro atoms. The van der Waals surface area contributed by atoms with Gasteiger partial charge < -0.3 is 5.32 Å². The number of carbonyl (C=O) groups is 1. The Morgan fingerprint density at radius 1 is 1.14 bits per heavy atom. The Balaban J connectivity index is 2.29. The molecule has 9 heteroatoms. The fraction of sp³-hybridized carbons (Fsp3) is 0.263. The molecule has 1 aromatic carbocycles. The molecule has 7 nitrogen and oxygen atoms in total. The molecular formula is C19H18Cl2N4O3. The van der Waals surface area contributed by atoms with E-state index in [-0.39, 0.29) is 27.5 Å². The molecule has 0 aliphatic rings. The maximum absolute atomic E-state index is 12.9. The standard InChI is InChI=1S/C19H18Cl2N4O3/c1-9(2)12-8-22-16-14(18(27)25(4)19(28)24(16)3)15(12)23-17(26)11-6-5-10(20)7-13(11)21/h5-9H,1-4H3,(H,22,23,26). The van der Waals surface area contributed by atoms with Gasteiger partial charge in [-0.15, -0.1) is 0 Å². The van der Waals surface area contributed by atoms with E-state index in [1.807, 2.05) is 13.8 Å². The number of carbonyl (C=O) groups excluding carboxylic acids is 1. The first-order chi connectivity index (χ1) is 13.1. The summed E-state index contributed by atoms with van der Waals surface area (Å²) in [4.78, 5) is 42.2. The van der Waals surface area contributed by atoms with Crippen LogP contribution in [-0.4, -0.2) is 20.0 Å². The van der Waals surface area contributed by atoms with E-state index in [0.717, 1.165) is 4.57 Å². The van der Waals surface area contributed by atoms with Crippen molar-refractivity contribution in [2.24, 2.45) is 14.1 Å². The van der Waals surface area contributed by atoms with Crippen LogP contribution < -0.4 is 16.6 Å². The minimum Gasteiger partial charge on any atom is -0.321 e. The molecule has 0 bridgehead atoms. The molecule has 0 radical (unpaired) electrons. The van der Waals surface area contributed by atoms with E-state index >= 15 is 0 Å². The average molecular weight is 421 g/mol. The Bertz CT molecular complexity index is 1230. The van der Waals surface area contributed by atoms with Crippen molar-refractivity contribution in [1.82, 2.24) is 14.1 Å². The van der Waals surface area contributed by atoms with Gasteiger partial charge in [0, 0.05) is 25.3 Å². The van der Waals surface area contributed by atoms with Crippen LogP contribution in [0.2, 0.25) is 10.0 Å². The summed E-state index contributed by atoms with van der Waals surface area (Å²) in [7, 11) is 2.90. The van der Waals surface area contributed by atoms with Gasteiger partial charge in [0.05, 0.1) is 16.3 Å². The second-order valence-corrected chi connectivity index (χ2v) is 7.57. The SMILES string of the molecule is CC(C)c1cnc2c(c1NC(=O)c1ccc(Cl)cc1Cl)c(=O)n(C)c(=O)n2C. The summed E-state index contributed by atoms with van der Waals surface area (Å²) in [5, 5.41) is 3.55. The fourth-order valence-electron chi connectivity index (χ4n) is 2.97. The highest BCUT2D eigenvalue weighted by Crippen LogP contribution is 2.30. The highest BCUT2D eigenvalue weighted by atomic mass is 35.5. The van der Waals surface area contributed by atoms with Crippen molar-refractivity contribution in [2.75, 3.05) is 5.32 Å². The number of benzene rings is 1. The highest BCUT2D eigenvalue weighted by molar-refractivity contribution is 6.37. The van der Waals surface area contributed by atoms with Crippen LogP contribution in [0.15, 0.2) is 34.0 Å². The molecule has 2 heterocycles. The van der Waals surface area contributed by atoms with Crippen molar-refractivity contribution in [3.63, 3.8) is 0 Å². The molecular weight excluding hydrogens is 403 g/mol. The number of nitrogens with one attached hydrogen (secondary N) is 1. The zero-order valence-corrected chi connectivity index (χ0v) is 17.2. The monoisotopic (exact) mass is 420 g/mol. The van der Waals surface area contributed by atoms with Crippen LogP contribution in [0.1, 0.15) is 35.7 Å². The third-order valence-electron chi connectivity index (χ3n) is 4.53. The molecule has 0 unspecified atom stereocenters. The number of nitrogens with zero attached hydrogens (tertiary/aromatic N) is 3. The van der Waals surface area contributed by atoms with Gasteiger partial charge in [0.2, 0.25) is 0 Å². The summed E-state index contributed by atoms with van der Waals surface area (Å²) in [5.74, 6) is -0.526. The van der Waals surface area contributed by atoms with Crippen molar-refractivity contribution < 1.29 is 4.79 Å². The Labute approximate surface area is 170 Å². The van der Waals surface area contributed by atoms with Crippen LogP contribution in [0.4, 0.5) is 5.69 Å². The van der Waals surface area contributed by atoms with Crippen molar-refractivity contribution in [2.45, 2.75) is 19.8 Å². The van der Waals surface area contributed by atoms with E-state index in [1.54, 1.807) is 12.3 Å². The van der Waals surface area contributed by atoms with E-state index in [2.05, 4.69) is 10.3 Å². The number of aromatic nitrogens is 3. The van der Waals surface area contributed by atoms with E-state index in [0.29, 0.717) is 16.3 Å². The first-order valence-electron chi connectivity index (χ1n) is 8.48. The predicted molar refractivity (Wildman–Crippen MR) is 111 cm³/mol. The Morgan fingerprint density at radius 2 is 1.82 bits per heavy atom. The predicted octanol–water partition coefficient (Wildman–Crippen LogP) is 3.31. The van der Waals surface area contributed by atoms with Crippen LogP contribution in [0, 0.1) is 0 Å². The molecule has 1 amide bonds. The third kappa shape index (κ3) is 3.31. The van der Waals surface area contributed by atoms with Crippen LogP contribution in [0.5, 0.6) is 0 Å². The maximum atomic E-state index is 12.9. The van der Waals surface area contributed by atoms with Crippen LogP contribution in [0.3, 0.4) is 0 Å². The minimum atomic E-state index is -0.536. The van der Waals surface area contributed by atoms with Gasteiger partial charge in [-0.3, -0.25) is 18.7 Å². The van der Waals surface area contributed by atoms with Gasteiger partial charge in [-0.05, 0) is 29.7 Å². The Hall–Kier alpha value is -2.64. The molecule has 0 fully saturated rings. The number of pyridine rings is 1. The van der Waals surface area contributed by atoms with E-state index < -0.39 is 17.2 Å². The molecule has 0 saturated carbocycles. The van der Waals surface area contributed by atoms with Gasteiger partial charge in [-0.25, -0.2) is 9.78 Å². The number of halogens is 2. The van der Waals surface area contributed by atoms with Gasteiger partial charge >= 0.3 is 5.69 Å². The van der Waals surface area contributed by atoms with Crippen LogP contribution >= 0.6 is 23.2 Å². The zero-order valence-electron chi connectivity index (χ0n) is 15.7. The molecule has 146 valence electrons. The highest BCUT2D eigenvalue weighted by Gasteiger charge is 2.21. The smallest absolute Gasteiger partial charge is 0.321 e. The number of amides is 1. The van der Waals surface area contributed by atoms with Gasteiger partial charge in [0.15, 0.2) is 5.65 Å². The summed E-state index contributed by atoms with van der Waals surface area (Å²) in [5.41, 5.74) is 0.349. The number of aryl methyl sites for hydroxylation is 1. The summed E-state index contributed by atoms with van der Waals surface area (Å²) in [6.07, 6.45) is 1.56. The number of rotatable bonds is 3. The Kier molecular flexibility index (Phi) is 5.32. The fourth-order valence-corrected chi connectivity index (χ4v) is 3.46. The van der Waals surface area contributed by atoms with Gasteiger partial charge in [0.1, 0.15) is 5.39 Å². The van der Waals surface area contributed by atoms with Gasteiger partial charge in [0.25, 0.3) is 11.5 Å². The van der Waals surface area contributed by atoms with Crippen LogP contribution in [-0.2, 0) is 14.1 Å². The van der Waals surface area contributed by atoms with Gasteiger partial charge in [-0.2, -0.15) is 0 Å². The molecule has 0 aliphatic heterocycles. The summed E-state index contributed by atoms with van der Waals surface area (Å²) in [6.45, 7) is 3.83. The average Bonchev–Trinajstić information content (AvgIpc) is 2.63. The number of fused-ring (bicyclic) bond motifs is 1. The van der Waals surface area contributed by atoms with E-state index in [9.17, 15) is 14.4 Å². The second-order valence-electron chi connectivity index (χ2n) is 6.73. The van der Waals surface area contributed by atoms with Crippen molar-refractivity contribution in [3.05, 3.63) is 66.4 Å². The van der Waals surface area contributed by atoms with Crippen LogP contribution in [0.25, 0.3) is 11.0 Å². The topological polar surface area (TPSA) is 86.0 Å². The molecule has 28 heavy (non-hydrogen) atoms. The Morgan fingerprint density at radius 3 is 2.43 bits per heavy atom. The lowest BCUT2D eigenvalue weighted by molar-refractivity contribution is 0.102. The van der Waals surface area contributed by atoms with Crippen molar-refractivity contribution in [1.29, 1.82) is 0 Å². The van der Waals surface area contributed by atoms with Crippen molar-refractivity contribution in [3.8, 4) is 0 Å². The number of hydrogen-bond donors (Lipinski definition) is 1. The summed E-state index contributed by atoms with van der Waals surface area (Å²) in [6, 6.07) is 4.53. The largest absolute Gasteiger partial charge is 0.332 e. The van der Waals surface area contributed by atoms with E-state index in [4.69, 9.17) is 23.2 Å². The van der Waals surface area contributed by atoms with E-state index in [1.165, 1.54) is 30.8 Å². The lowest BCUT2D eigenvalue weighted by Gasteiger charge is -2.17. The summed E-state index contributed by atoms with van der Waals surface area (Å²) < 4.78 is 2.25. The summed E-state index contributed by atoms with van der Waals surface area (Å²) >= 11 is 12.0. The molecule has 0 aliphatic carbocycles. The third-order valence-corrected chi connectivity index (χ3v) is 5.08. The first kappa shape index (κ1) is 20.1. The molecule has 0 atom stereocenters. The van der Waals surface area contributed by atoms with Gasteiger partial charge in [-0.1, -0.05) is 37.0 Å². The normalized spacial score (nSPS) is 11.2. The number of anilines is 1. The molecule has 1 N–H and O–H groups in total. The lowest BCUT2D eigenvalue weighted by Crippen LogP contribution is -2.38. The molecule has 0 saturated heterocycles. The second kappa shape index (κ2) is 7.41.